The summed E-state index contributed by atoms with van der Waals surface area (Å²) in [4.78, 5) is 0. The van der Waals surface area contributed by atoms with Crippen LogP contribution < -0.4 is 5.32 Å². The van der Waals surface area contributed by atoms with Gasteiger partial charge in [-0.15, -0.1) is 0 Å². The second-order valence-electron chi connectivity index (χ2n) is 5.04. The first-order chi connectivity index (χ1) is 6.47. The molecule has 0 radical (unpaired) electrons. The average molecular weight is 196 g/mol. The van der Waals surface area contributed by atoms with Gasteiger partial charge in [-0.3, -0.25) is 0 Å². The molecule has 80 valence electrons. The predicted octanol–water partition coefficient (Wildman–Crippen LogP) is 1.69. The van der Waals surface area contributed by atoms with Gasteiger partial charge in [0.15, 0.2) is 0 Å². The number of nitrogens with zero attached hydrogens (tertiary/aromatic N) is 1. The average Bonchev–Trinajstić information content (AvgIpc) is 2.52. The van der Waals surface area contributed by atoms with E-state index >= 15 is 0 Å². The van der Waals surface area contributed by atoms with Crippen LogP contribution in [0.4, 0.5) is 0 Å². The minimum absolute atomic E-state index is 0.130. The van der Waals surface area contributed by atoms with E-state index in [0.717, 1.165) is 32.6 Å². The largest absolute Gasteiger partial charge is 0.379 e. The van der Waals surface area contributed by atoms with Crippen molar-refractivity contribution < 1.29 is 4.74 Å². The van der Waals surface area contributed by atoms with Crippen LogP contribution in [0.1, 0.15) is 33.6 Å². The molecular formula is C11H20N2O. The van der Waals surface area contributed by atoms with Crippen molar-refractivity contribution in [1.82, 2.24) is 5.32 Å². The van der Waals surface area contributed by atoms with Gasteiger partial charge >= 0.3 is 0 Å². The Balaban J connectivity index is 2.25. The minimum atomic E-state index is -0.219. The number of nitriles is 1. The van der Waals surface area contributed by atoms with Crippen molar-refractivity contribution in [3.63, 3.8) is 0 Å². The van der Waals surface area contributed by atoms with Gasteiger partial charge in [0, 0.05) is 12.1 Å². The molecule has 14 heavy (non-hydrogen) atoms. The molecule has 1 atom stereocenters. The Labute approximate surface area is 86.4 Å². The number of rotatable bonds is 4. The highest BCUT2D eigenvalue weighted by atomic mass is 16.5. The highest BCUT2D eigenvalue weighted by Gasteiger charge is 2.29. The summed E-state index contributed by atoms with van der Waals surface area (Å²) < 4.78 is 5.34. The normalized spacial score (nSPS) is 27.6. The molecule has 0 bridgehead atoms. The molecule has 1 unspecified atom stereocenters. The monoisotopic (exact) mass is 196 g/mol. The van der Waals surface area contributed by atoms with E-state index in [1.807, 2.05) is 13.8 Å². The van der Waals surface area contributed by atoms with Crippen LogP contribution in [0.3, 0.4) is 0 Å². The fourth-order valence-electron chi connectivity index (χ4n) is 1.54. The molecule has 0 saturated carbocycles. The molecule has 1 aliphatic heterocycles. The van der Waals surface area contributed by atoms with E-state index in [1.54, 1.807) is 0 Å². The lowest BCUT2D eigenvalue weighted by atomic mass is 9.91. The third-order valence-electron chi connectivity index (χ3n) is 2.82. The second-order valence-corrected chi connectivity index (χ2v) is 5.04. The zero-order valence-electron chi connectivity index (χ0n) is 9.39. The van der Waals surface area contributed by atoms with Crippen molar-refractivity contribution >= 4 is 0 Å². The van der Waals surface area contributed by atoms with E-state index in [1.165, 1.54) is 0 Å². The quantitative estimate of drug-likeness (QED) is 0.744. The standard InChI is InChI=1S/C11H20N2O/c1-10(2,8-12)4-6-13-11(3)5-7-14-9-11/h13H,4-7,9H2,1-3H3. The van der Waals surface area contributed by atoms with E-state index in [9.17, 15) is 0 Å². The van der Waals surface area contributed by atoms with Crippen LogP contribution in [0, 0.1) is 16.7 Å². The summed E-state index contributed by atoms with van der Waals surface area (Å²) >= 11 is 0. The van der Waals surface area contributed by atoms with Gasteiger partial charge in [0.1, 0.15) is 0 Å². The molecule has 0 aliphatic carbocycles. The molecule has 0 aromatic carbocycles. The molecule has 0 amide bonds. The van der Waals surface area contributed by atoms with Gasteiger partial charge in [-0.25, -0.2) is 0 Å². The molecule has 1 rings (SSSR count). The van der Waals surface area contributed by atoms with Crippen LogP contribution in [0.5, 0.6) is 0 Å². The zero-order chi connectivity index (χ0) is 10.7. The second kappa shape index (κ2) is 4.29. The Kier molecular flexibility index (Phi) is 3.52. The third-order valence-corrected chi connectivity index (χ3v) is 2.82. The van der Waals surface area contributed by atoms with Crippen LogP contribution in [-0.2, 0) is 4.74 Å². The van der Waals surface area contributed by atoms with Gasteiger partial charge in [0.2, 0.25) is 0 Å². The lowest BCUT2D eigenvalue weighted by Gasteiger charge is -2.25. The van der Waals surface area contributed by atoms with Gasteiger partial charge < -0.3 is 10.1 Å². The highest BCUT2D eigenvalue weighted by molar-refractivity contribution is 4.93. The molecule has 1 heterocycles. The first-order valence-electron chi connectivity index (χ1n) is 5.22. The Morgan fingerprint density at radius 2 is 2.29 bits per heavy atom. The molecule has 1 fully saturated rings. The van der Waals surface area contributed by atoms with Gasteiger partial charge in [-0.05, 0) is 40.2 Å². The van der Waals surface area contributed by atoms with Crippen LogP contribution in [-0.4, -0.2) is 25.3 Å². The van der Waals surface area contributed by atoms with E-state index in [-0.39, 0.29) is 11.0 Å². The van der Waals surface area contributed by atoms with Crippen molar-refractivity contribution in [3.05, 3.63) is 0 Å². The lowest BCUT2D eigenvalue weighted by Crippen LogP contribution is -2.44. The molecular weight excluding hydrogens is 176 g/mol. The number of ether oxygens (including phenoxy) is 1. The SMILES string of the molecule is CC(C)(C#N)CCNC1(C)CCOC1. The predicted molar refractivity (Wildman–Crippen MR) is 55.9 cm³/mol. The number of nitrogens with one attached hydrogen (secondary N) is 1. The van der Waals surface area contributed by atoms with Gasteiger partial charge in [-0.2, -0.15) is 5.26 Å². The summed E-state index contributed by atoms with van der Waals surface area (Å²) in [6.45, 7) is 8.66. The van der Waals surface area contributed by atoms with Crippen LogP contribution >= 0.6 is 0 Å². The summed E-state index contributed by atoms with van der Waals surface area (Å²) in [5.74, 6) is 0. The summed E-state index contributed by atoms with van der Waals surface area (Å²) in [7, 11) is 0. The summed E-state index contributed by atoms with van der Waals surface area (Å²) in [5.41, 5.74) is -0.0889. The van der Waals surface area contributed by atoms with Crippen molar-refractivity contribution in [1.29, 1.82) is 5.26 Å². The molecule has 1 aliphatic rings. The fraction of sp³-hybridized carbons (Fsp3) is 0.909. The van der Waals surface area contributed by atoms with Crippen molar-refractivity contribution in [2.45, 2.75) is 39.2 Å². The van der Waals surface area contributed by atoms with Gasteiger partial charge in [0.05, 0.1) is 18.1 Å². The minimum Gasteiger partial charge on any atom is -0.379 e. The summed E-state index contributed by atoms with van der Waals surface area (Å²) in [6, 6.07) is 2.31. The van der Waals surface area contributed by atoms with Gasteiger partial charge in [-0.1, -0.05) is 0 Å². The van der Waals surface area contributed by atoms with E-state index < -0.39 is 0 Å². The Morgan fingerprint density at radius 3 is 2.79 bits per heavy atom. The maximum atomic E-state index is 8.85. The third kappa shape index (κ3) is 3.28. The number of hydrogen-bond donors (Lipinski definition) is 1. The van der Waals surface area contributed by atoms with E-state index in [0.29, 0.717) is 0 Å². The van der Waals surface area contributed by atoms with Crippen LogP contribution in [0.25, 0.3) is 0 Å². The molecule has 3 nitrogen and oxygen atoms in total. The molecule has 0 spiro atoms. The summed E-state index contributed by atoms with van der Waals surface area (Å²) in [6.07, 6.45) is 1.96. The van der Waals surface area contributed by atoms with E-state index in [2.05, 4.69) is 18.3 Å². The van der Waals surface area contributed by atoms with Crippen molar-refractivity contribution in [2.24, 2.45) is 5.41 Å². The van der Waals surface area contributed by atoms with Crippen LogP contribution in [0.2, 0.25) is 0 Å². The maximum Gasteiger partial charge on any atom is 0.0684 e. The van der Waals surface area contributed by atoms with Gasteiger partial charge in [0.25, 0.3) is 0 Å². The molecule has 1 saturated heterocycles. The van der Waals surface area contributed by atoms with Crippen LogP contribution in [0.15, 0.2) is 0 Å². The van der Waals surface area contributed by atoms with Crippen molar-refractivity contribution in [2.75, 3.05) is 19.8 Å². The topological polar surface area (TPSA) is 45.0 Å². The molecule has 3 heteroatoms. The first kappa shape index (κ1) is 11.5. The smallest absolute Gasteiger partial charge is 0.0684 e. The van der Waals surface area contributed by atoms with Crippen molar-refractivity contribution in [3.8, 4) is 6.07 Å². The Hall–Kier alpha value is -0.590. The zero-order valence-corrected chi connectivity index (χ0v) is 9.39. The number of hydrogen-bond acceptors (Lipinski definition) is 3. The molecule has 1 N–H and O–H groups in total. The fourth-order valence-corrected chi connectivity index (χ4v) is 1.54. The first-order valence-corrected chi connectivity index (χ1v) is 5.22. The Morgan fingerprint density at radius 1 is 1.57 bits per heavy atom. The maximum absolute atomic E-state index is 8.85. The molecule has 0 aromatic rings. The highest BCUT2D eigenvalue weighted by Crippen LogP contribution is 2.20. The Bertz CT molecular complexity index is 224. The lowest BCUT2D eigenvalue weighted by molar-refractivity contribution is 0.170. The van der Waals surface area contributed by atoms with E-state index in [4.69, 9.17) is 10.00 Å². The summed E-state index contributed by atoms with van der Waals surface area (Å²) in [5, 5.41) is 12.3. The molecule has 0 aromatic heterocycles.